The molecule has 0 aromatic carbocycles. The highest BCUT2D eigenvalue weighted by Crippen LogP contribution is 2.11. The number of hydrogen-bond donors (Lipinski definition) is 0. The first-order chi connectivity index (χ1) is 4.21. The van der Waals surface area contributed by atoms with Crippen molar-refractivity contribution in [3.05, 3.63) is 0 Å². The fourth-order valence-electron chi connectivity index (χ4n) is 0.217. The fourth-order valence-corrected chi connectivity index (χ4v) is 0.217. The number of hydrogen-bond acceptors (Lipinski definition) is 1. The van der Waals surface area contributed by atoms with Crippen LogP contribution >= 0.6 is 0 Å². The summed E-state index contributed by atoms with van der Waals surface area (Å²) < 4.78 is 24.8. The van der Waals surface area contributed by atoms with E-state index in [0.29, 0.717) is 0 Å². The Morgan fingerprint density at radius 3 is 2.29 bits per heavy atom. The molecule has 0 fully saturated rings. The molecule has 0 saturated heterocycles. The first kappa shape index (κ1) is 3.08. The maximum absolute atomic E-state index is 6.72. The largest absolute Gasteiger partial charge is 0.384 e. The van der Waals surface area contributed by atoms with Gasteiger partial charge < -0.3 is 4.74 Å². The highest BCUT2D eigenvalue weighted by molar-refractivity contribution is 4.57. The van der Waals surface area contributed by atoms with Gasteiger partial charge in [-0.1, -0.05) is 20.8 Å². The Labute approximate surface area is 49.9 Å². The lowest BCUT2D eigenvalue weighted by molar-refractivity contribution is 0.116. The van der Waals surface area contributed by atoms with Crippen LogP contribution in [0.1, 0.15) is 24.9 Å². The van der Waals surface area contributed by atoms with Crippen molar-refractivity contribution in [2.45, 2.75) is 20.8 Å². The van der Waals surface area contributed by atoms with E-state index in [2.05, 4.69) is 4.74 Å². The predicted octanol–water partition coefficient (Wildman–Crippen LogP) is 1.68. The van der Waals surface area contributed by atoms with Crippen LogP contribution in [0.15, 0.2) is 0 Å². The summed E-state index contributed by atoms with van der Waals surface area (Å²) in [5.41, 5.74) is -0.0750. The van der Waals surface area contributed by atoms with Gasteiger partial charge in [-0.3, -0.25) is 0 Å². The van der Waals surface area contributed by atoms with Gasteiger partial charge in [0.15, 0.2) is 0 Å². The molecule has 0 radical (unpaired) electrons. The van der Waals surface area contributed by atoms with E-state index in [1.54, 1.807) is 0 Å². The van der Waals surface area contributed by atoms with Gasteiger partial charge in [0.2, 0.25) is 0 Å². The van der Waals surface area contributed by atoms with Crippen molar-refractivity contribution in [2.24, 2.45) is 5.41 Å². The van der Waals surface area contributed by atoms with Gasteiger partial charge in [0.25, 0.3) is 0 Å². The van der Waals surface area contributed by atoms with Crippen molar-refractivity contribution in [1.29, 1.82) is 0 Å². The molecule has 0 bridgehead atoms. The van der Waals surface area contributed by atoms with E-state index in [1.165, 1.54) is 0 Å². The molecule has 1 heteroatoms. The Kier molecular flexibility index (Phi) is 1.02. The second-order valence-electron chi connectivity index (χ2n) is 2.85. The predicted molar refractivity (Wildman–Crippen MR) is 31.3 cm³/mol. The van der Waals surface area contributed by atoms with Crippen molar-refractivity contribution in [3.63, 3.8) is 0 Å². The van der Waals surface area contributed by atoms with Crippen LogP contribution in [0.5, 0.6) is 0 Å². The summed E-state index contributed by atoms with van der Waals surface area (Å²) in [6.45, 7) is 6.06. The zero-order chi connectivity index (χ0) is 8.41. The van der Waals surface area contributed by atoms with Crippen molar-refractivity contribution in [2.75, 3.05) is 13.6 Å². The van der Waals surface area contributed by atoms with Crippen LogP contribution < -0.4 is 0 Å². The normalized spacial score (nSPS) is 20.1. The molecule has 1 nitrogen and oxygen atoms in total. The highest BCUT2D eigenvalue weighted by Gasteiger charge is 2.07. The molecule has 0 heterocycles. The van der Waals surface area contributed by atoms with Crippen LogP contribution in [0.4, 0.5) is 0 Å². The zero-order valence-electron chi connectivity index (χ0n) is 8.12. The first-order valence-electron chi connectivity index (χ1n) is 3.85. The van der Waals surface area contributed by atoms with Crippen LogP contribution in [0.3, 0.4) is 0 Å². The molecule has 0 aliphatic carbocycles. The topological polar surface area (TPSA) is 9.23 Å². The Morgan fingerprint density at radius 1 is 1.57 bits per heavy atom. The maximum atomic E-state index is 6.72. The maximum Gasteiger partial charge on any atom is 0.0530 e. The molecule has 0 atom stereocenters. The third-order valence-corrected chi connectivity index (χ3v) is 0.505. The van der Waals surface area contributed by atoms with E-state index in [9.17, 15) is 0 Å². The Bertz CT molecular complexity index is 86.5. The molecule has 44 valence electrons. The lowest BCUT2D eigenvalue weighted by Gasteiger charge is -2.15. The van der Waals surface area contributed by atoms with Crippen LogP contribution in [0.25, 0.3) is 0 Å². The lowest BCUT2D eigenvalue weighted by atomic mass is 9.99. The molecule has 0 aliphatic rings. The van der Waals surface area contributed by atoms with Crippen LogP contribution in [0.2, 0.25) is 0 Å². The quantitative estimate of drug-likeness (QED) is 0.493. The molecule has 0 aromatic rings. The smallest absolute Gasteiger partial charge is 0.0530 e. The number of rotatable bonds is 1. The third kappa shape index (κ3) is 5.96. The standard InChI is InChI=1S/C6H14O/c1-6(2,3)5-7-4/h5H2,1-4H3/i4D3. The minimum Gasteiger partial charge on any atom is -0.384 e. The summed E-state index contributed by atoms with van der Waals surface area (Å²) in [6.07, 6.45) is 0. The Balaban J connectivity index is 3.56. The van der Waals surface area contributed by atoms with Gasteiger partial charge in [0.05, 0.1) is 10.7 Å². The first-order valence-corrected chi connectivity index (χ1v) is 2.35. The molecule has 0 amide bonds. The molecule has 0 spiro atoms. The van der Waals surface area contributed by atoms with E-state index in [-0.39, 0.29) is 12.0 Å². The monoisotopic (exact) mass is 105 g/mol. The zero-order valence-corrected chi connectivity index (χ0v) is 5.12. The van der Waals surface area contributed by atoms with Gasteiger partial charge in [0.1, 0.15) is 0 Å². The Hall–Kier alpha value is -0.0400. The third-order valence-electron chi connectivity index (χ3n) is 0.505. The van der Waals surface area contributed by atoms with E-state index in [4.69, 9.17) is 4.11 Å². The SMILES string of the molecule is [2H]C([2H])([2H])OCC(C)(C)C. The molecule has 0 aliphatic heterocycles. The summed E-state index contributed by atoms with van der Waals surface area (Å²) >= 11 is 0. The molecule has 0 rings (SSSR count). The molecule has 0 unspecified atom stereocenters. The van der Waals surface area contributed by atoms with Gasteiger partial charge >= 0.3 is 0 Å². The minimum absolute atomic E-state index is 0.0750. The van der Waals surface area contributed by atoms with Crippen molar-refractivity contribution >= 4 is 0 Å². The summed E-state index contributed by atoms with van der Waals surface area (Å²) in [7, 11) is -2.24. The Morgan fingerprint density at radius 2 is 2.14 bits per heavy atom. The van der Waals surface area contributed by atoms with Gasteiger partial charge in [-0.2, -0.15) is 0 Å². The van der Waals surface area contributed by atoms with Crippen molar-refractivity contribution < 1.29 is 8.85 Å². The fraction of sp³-hybridized carbons (Fsp3) is 1.00. The minimum atomic E-state index is -2.24. The van der Waals surface area contributed by atoms with Gasteiger partial charge in [-0.05, 0) is 5.41 Å². The van der Waals surface area contributed by atoms with Crippen LogP contribution in [-0.2, 0) is 4.74 Å². The van der Waals surface area contributed by atoms with Crippen LogP contribution in [0, 0.1) is 5.41 Å². The van der Waals surface area contributed by atoms with Gasteiger partial charge in [0, 0.05) is 7.04 Å². The average Bonchev–Trinajstić information content (AvgIpc) is 1.57. The number of ether oxygens (including phenoxy) is 1. The van der Waals surface area contributed by atoms with E-state index < -0.39 is 7.04 Å². The van der Waals surface area contributed by atoms with E-state index >= 15 is 0 Å². The second-order valence-corrected chi connectivity index (χ2v) is 2.85. The molecule has 0 aromatic heterocycles. The highest BCUT2D eigenvalue weighted by atomic mass is 16.5. The summed E-state index contributed by atoms with van der Waals surface area (Å²) in [4.78, 5) is 0. The summed E-state index contributed by atoms with van der Waals surface area (Å²) in [5, 5.41) is 0. The number of methoxy groups -OCH3 is 1. The van der Waals surface area contributed by atoms with Crippen molar-refractivity contribution in [3.8, 4) is 0 Å². The van der Waals surface area contributed by atoms with E-state index in [1.807, 2.05) is 20.8 Å². The summed E-state index contributed by atoms with van der Waals surface area (Å²) in [5.74, 6) is 0. The molecule has 0 saturated carbocycles. The average molecular weight is 105 g/mol. The second kappa shape index (κ2) is 2.31. The van der Waals surface area contributed by atoms with E-state index in [0.717, 1.165) is 0 Å². The lowest BCUT2D eigenvalue weighted by Crippen LogP contribution is -2.12. The molecular formula is C6H14O. The molecule has 0 N–H and O–H groups in total. The molecule has 7 heavy (non-hydrogen) atoms. The van der Waals surface area contributed by atoms with Crippen molar-refractivity contribution in [1.82, 2.24) is 0 Å². The summed E-state index contributed by atoms with van der Waals surface area (Å²) in [6, 6.07) is 0. The molecular weight excluding hydrogens is 88.1 g/mol. The van der Waals surface area contributed by atoms with Gasteiger partial charge in [-0.15, -0.1) is 0 Å². The van der Waals surface area contributed by atoms with Crippen LogP contribution in [-0.4, -0.2) is 13.6 Å². The van der Waals surface area contributed by atoms with Gasteiger partial charge in [-0.25, -0.2) is 0 Å².